The highest BCUT2D eigenvalue weighted by Crippen LogP contribution is 2.26. The second-order valence-electron chi connectivity index (χ2n) is 8.02. The zero-order chi connectivity index (χ0) is 22.6. The van der Waals surface area contributed by atoms with Gasteiger partial charge in [0.2, 0.25) is 15.9 Å². The van der Waals surface area contributed by atoms with E-state index in [0.29, 0.717) is 36.6 Å². The highest BCUT2D eigenvalue weighted by molar-refractivity contribution is 7.92. The predicted molar refractivity (Wildman–Crippen MR) is 128 cm³/mol. The number of nitrogens with zero attached hydrogens (tertiary/aromatic N) is 3. The van der Waals surface area contributed by atoms with Crippen molar-refractivity contribution in [3.05, 3.63) is 58.6 Å². The van der Waals surface area contributed by atoms with Crippen LogP contribution in [0.25, 0.3) is 0 Å². The highest BCUT2D eigenvalue weighted by Gasteiger charge is 2.23. The summed E-state index contributed by atoms with van der Waals surface area (Å²) in [5.74, 6) is 0.0701. The van der Waals surface area contributed by atoms with Gasteiger partial charge in [0.25, 0.3) is 0 Å². The SMILES string of the molecule is Cc1ccc(Cl)cc1N1CCN(C(=O)CCCN(c2ccccc2C)S(C)(=O)=O)CC1. The Balaban J connectivity index is 1.54. The molecule has 1 aliphatic heterocycles. The van der Waals surface area contributed by atoms with E-state index in [1.807, 2.05) is 48.2 Å². The molecule has 31 heavy (non-hydrogen) atoms. The maximum atomic E-state index is 12.7. The Hall–Kier alpha value is -2.25. The molecule has 0 spiro atoms. The number of aryl methyl sites for hydroxylation is 2. The third kappa shape index (κ3) is 5.92. The number of anilines is 2. The van der Waals surface area contributed by atoms with Crippen molar-refractivity contribution >= 4 is 38.9 Å². The first-order valence-corrected chi connectivity index (χ1v) is 12.7. The van der Waals surface area contributed by atoms with Gasteiger partial charge in [-0.25, -0.2) is 8.42 Å². The van der Waals surface area contributed by atoms with Crippen molar-refractivity contribution in [2.24, 2.45) is 0 Å². The van der Waals surface area contributed by atoms with E-state index in [0.717, 1.165) is 24.3 Å². The normalized spacial score (nSPS) is 14.6. The molecular weight excluding hydrogens is 434 g/mol. The molecular formula is C23H30ClN3O3S. The molecule has 1 fully saturated rings. The molecule has 0 N–H and O–H groups in total. The van der Waals surface area contributed by atoms with Crippen molar-refractivity contribution in [2.75, 3.05) is 48.2 Å². The molecule has 1 aliphatic rings. The molecule has 8 heteroatoms. The molecule has 6 nitrogen and oxygen atoms in total. The summed E-state index contributed by atoms with van der Waals surface area (Å²) < 4.78 is 26.0. The van der Waals surface area contributed by atoms with Crippen LogP contribution in [-0.2, 0) is 14.8 Å². The minimum Gasteiger partial charge on any atom is -0.368 e. The lowest BCUT2D eigenvalue weighted by atomic mass is 10.1. The third-order valence-corrected chi connectivity index (χ3v) is 7.10. The standard InChI is InChI=1S/C23H30ClN3O3S/c1-18-7-4-5-8-21(18)27(31(3,29)30)12-6-9-23(28)26-15-13-25(14-16-26)22-17-20(24)11-10-19(22)2/h4-5,7-8,10-11,17H,6,9,12-16H2,1-3H3. The highest BCUT2D eigenvalue weighted by atomic mass is 35.5. The summed E-state index contributed by atoms with van der Waals surface area (Å²) in [6.45, 7) is 7.05. The summed E-state index contributed by atoms with van der Waals surface area (Å²) in [7, 11) is -3.42. The summed E-state index contributed by atoms with van der Waals surface area (Å²) >= 11 is 6.15. The fourth-order valence-electron chi connectivity index (χ4n) is 3.96. The van der Waals surface area contributed by atoms with Crippen LogP contribution in [0.3, 0.4) is 0 Å². The van der Waals surface area contributed by atoms with E-state index in [9.17, 15) is 13.2 Å². The summed E-state index contributed by atoms with van der Waals surface area (Å²) in [5, 5.41) is 0.711. The van der Waals surface area contributed by atoms with Gasteiger partial charge in [-0.05, 0) is 49.6 Å². The quantitative estimate of drug-likeness (QED) is 0.625. The van der Waals surface area contributed by atoms with Crippen molar-refractivity contribution < 1.29 is 13.2 Å². The van der Waals surface area contributed by atoms with Gasteiger partial charge >= 0.3 is 0 Å². The maximum Gasteiger partial charge on any atom is 0.232 e. The fourth-order valence-corrected chi connectivity index (χ4v) is 5.15. The van der Waals surface area contributed by atoms with Crippen molar-refractivity contribution in [3.63, 3.8) is 0 Å². The Morgan fingerprint density at radius 3 is 2.35 bits per heavy atom. The molecule has 0 aliphatic carbocycles. The molecule has 0 saturated carbocycles. The van der Waals surface area contributed by atoms with Crippen molar-refractivity contribution in [1.29, 1.82) is 0 Å². The van der Waals surface area contributed by atoms with Gasteiger partial charge in [-0.3, -0.25) is 9.10 Å². The van der Waals surface area contributed by atoms with Crippen molar-refractivity contribution in [3.8, 4) is 0 Å². The molecule has 0 aromatic heterocycles. The number of para-hydroxylation sites is 1. The molecule has 1 saturated heterocycles. The fraction of sp³-hybridized carbons (Fsp3) is 0.435. The monoisotopic (exact) mass is 463 g/mol. The van der Waals surface area contributed by atoms with E-state index in [2.05, 4.69) is 11.8 Å². The van der Waals surface area contributed by atoms with E-state index in [4.69, 9.17) is 11.6 Å². The first-order chi connectivity index (χ1) is 14.7. The Labute approximate surface area is 190 Å². The first kappa shape index (κ1) is 23.4. The van der Waals surface area contributed by atoms with Crippen LogP contribution in [0, 0.1) is 13.8 Å². The third-order valence-electron chi connectivity index (χ3n) is 5.68. The van der Waals surface area contributed by atoms with Gasteiger partial charge in [0.05, 0.1) is 11.9 Å². The number of amides is 1. The Morgan fingerprint density at radius 2 is 1.71 bits per heavy atom. The topological polar surface area (TPSA) is 60.9 Å². The van der Waals surface area contributed by atoms with Gasteiger partial charge < -0.3 is 9.80 Å². The number of hydrogen-bond acceptors (Lipinski definition) is 4. The number of halogens is 1. The molecule has 2 aromatic rings. The number of carbonyl (C=O) groups excluding carboxylic acids is 1. The molecule has 0 radical (unpaired) electrons. The molecule has 0 bridgehead atoms. The van der Waals surface area contributed by atoms with Crippen LogP contribution in [0.4, 0.5) is 11.4 Å². The van der Waals surface area contributed by atoms with Crippen LogP contribution >= 0.6 is 11.6 Å². The van der Waals surface area contributed by atoms with Gasteiger partial charge in [0, 0.05) is 49.9 Å². The molecule has 3 rings (SSSR count). The van der Waals surface area contributed by atoms with Crippen LogP contribution in [0.1, 0.15) is 24.0 Å². The van der Waals surface area contributed by atoms with E-state index < -0.39 is 10.0 Å². The van der Waals surface area contributed by atoms with Crippen molar-refractivity contribution in [2.45, 2.75) is 26.7 Å². The van der Waals surface area contributed by atoms with Crippen molar-refractivity contribution in [1.82, 2.24) is 4.90 Å². The lowest BCUT2D eigenvalue weighted by Crippen LogP contribution is -2.49. The molecule has 0 unspecified atom stereocenters. The van der Waals surface area contributed by atoms with E-state index in [1.165, 1.54) is 16.1 Å². The second-order valence-corrected chi connectivity index (χ2v) is 10.4. The zero-order valence-electron chi connectivity index (χ0n) is 18.3. The van der Waals surface area contributed by atoms with Gasteiger partial charge in [0.15, 0.2) is 0 Å². The van der Waals surface area contributed by atoms with E-state index in [1.54, 1.807) is 6.07 Å². The number of carbonyl (C=O) groups is 1. The smallest absolute Gasteiger partial charge is 0.232 e. The summed E-state index contributed by atoms with van der Waals surface area (Å²) in [5.41, 5.74) is 3.84. The largest absolute Gasteiger partial charge is 0.368 e. The molecule has 2 aromatic carbocycles. The molecule has 1 amide bonds. The lowest BCUT2D eigenvalue weighted by molar-refractivity contribution is -0.131. The first-order valence-electron chi connectivity index (χ1n) is 10.5. The molecule has 1 heterocycles. The van der Waals surface area contributed by atoms with Crippen LogP contribution in [0.15, 0.2) is 42.5 Å². The van der Waals surface area contributed by atoms with Gasteiger partial charge in [-0.2, -0.15) is 0 Å². The predicted octanol–water partition coefficient (Wildman–Crippen LogP) is 3.85. The number of hydrogen-bond donors (Lipinski definition) is 0. The number of benzene rings is 2. The van der Waals surface area contributed by atoms with Crippen LogP contribution < -0.4 is 9.21 Å². The average molecular weight is 464 g/mol. The van der Waals surface area contributed by atoms with Crippen LogP contribution in [0.5, 0.6) is 0 Å². The Bertz CT molecular complexity index is 1030. The molecule has 168 valence electrons. The Morgan fingerprint density at radius 1 is 1.03 bits per heavy atom. The van der Waals surface area contributed by atoms with Gasteiger partial charge in [-0.15, -0.1) is 0 Å². The van der Waals surface area contributed by atoms with E-state index >= 15 is 0 Å². The van der Waals surface area contributed by atoms with E-state index in [-0.39, 0.29) is 12.5 Å². The summed E-state index contributed by atoms with van der Waals surface area (Å²) in [6, 6.07) is 13.3. The number of piperazine rings is 1. The lowest BCUT2D eigenvalue weighted by Gasteiger charge is -2.37. The average Bonchev–Trinajstić information content (AvgIpc) is 2.73. The van der Waals surface area contributed by atoms with Crippen LogP contribution in [0.2, 0.25) is 5.02 Å². The van der Waals surface area contributed by atoms with Crippen LogP contribution in [-0.4, -0.2) is 58.2 Å². The number of sulfonamides is 1. The van der Waals surface area contributed by atoms with Gasteiger partial charge in [-0.1, -0.05) is 35.9 Å². The minimum absolute atomic E-state index is 0.0701. The van der Waals surface area contributed by atoms with Gasteiger partial charge in [0.1, 0.15) is 0 Å². The second kappa shape index (κ2) is 9.92. The number of rotatable bonds is 7. The summed E-state index contributed by atoms with van der Waals surface area (Å²) in [4.78, 5) is 16.8. The summed E-state index contributed by atoms with van der Waals surface area (Å²) in [6.07, 6.45) is 2.01. The minimum atomic E-state index is -3.42. The zero-order valence-corrected chi connectivity index (χ0v) is 19.9. The maximum absolute atomic E-state index is 12.7. The molecule has 0 atom stereocenters. The Kier molecular flexibility index (Phi) is 7.49.